The Morgan fingerprint density at radius 1 is 0.933 bits per heavy atom. The Hall–Kier alpha value is -0.820. The Kier molecular flexibility index (Phi) is 2.38. The Morgan fingerprint density at radius 3 is 2.00 bits per heavy atom. The van der Waals surface area contributed by atoms with Gasteiger partial charge in [-0.1, -0.05) is 38.1 Å². The third kappa shape index (κ3) is 1.59. The molecule has 15 heavy (non-hydrogen) atoms. The van der Waals surface area contributed by atoms with Crippen LogP contribution in [0.15, 0.2) is 24.3 Å². The number of fused-ring (bicyclic) bond motifs is 1. The molecule has 0 radical (unpaired) electrons. The van der Waals surface area contributed by atoms with E-state index in [4.69, 9.17) is 0 Å². The van der Waals surface area contributed by atoms with Gasteiger partial charge in [0, 0.05) is 11.5 Å². The highest BCUT2D eigenvalue weighted by molar-refractivity contribution is 5.37. The van der Waals surface area contributed by atoms with Crippen LogP contribution in [0.2, 0.25) is 0 Å². The zero-order valence-electron chi connectivity index (χ0n) is 10.5. The predicted molar refractivity (Wildman–Crippen MR) is 64.8 cm³/mol. The Bertz CT molecular complexity index is 362. The maximum atomic E-state index is 2.39. The topological polar surface area (TPSA) is 0 Å². The van der Waals surface area contributed by atoms with Crippen molar-refractivity contribution in [3.8, 4) is 0 Å². The molecule has 1 aliphatic carbocycles. The van der Waals surface area contributed by atoms with Crippen molar-refractivity contribution in [2.24, 2.45) is 5.92 Å². The van der Waals surface area contributed by atoms with E-state index in [1.54, 1.807) is 11.1 Å². The first-order chi connectivity index (χ1) is 6.93. The number of benzene rings is 1. The molecule has 0 N–H and O–H groups in total. The van der Waals surface area contributed by atoms with Crippen LogP contribution in [0.5, 0.6) is 0 Å². The van der Waals surface area contributed by atoms with Gasteiger partial charge in [0.2, 0.25) is 0 Å². The van der Waals surface area contributed by atoms with Gasteiger partial charge in [-0.05, 0) is 11.5 Å². The van der Waals surface area contributed by atoms with Gasteiger partial charge < -0.3 is 4.48 Å². The highest BCUT2D eigenvalue weighted by atomic mass is 15.3. The fourth-order valence-corrected chi connectivity index (χ4v) is 3.16. The van der Waals surface area contributed by atoms with Crippen LogP contribution in [-0.2, 0) is 0 Å². The van der Waals surface area contributed by atoms with Gasteiger partial charge in [-0.25, -0.2) is 0 Å². The first-order valence-electron chi connectivity index (χ1n) is 5.83. The van der Waals surface area contributed by atoms with E-state index < -0.39 is 0 Å². The quantitative estimate of drug-likeness (QED) is 0.616. The smallest absolute Gasteiger partial charge is 0.117 e. The fraction of sp³-hybridized carbons (Fsp3) is 0.571. The number of quaternary nitrogens is 1. The zero-order chi connectivity index (χ0) is 11.2. The second-order valence-electron chi connectivity index (χ2n) is 5.84. The van der Waals surface area contributed by atoms with Crippen molar-refractivity contribution in [2.45, 2.75) is 25.8 Å². The molecule has 1 heteroatoms. The Balaban J connectivity index is 2.52. The molecule has 0 heterocycles. The molecule has 2 rings (SSSR count). The minimum atomic E-state index is 0.649. The zero-order valence-corrected chi connectivity index (χ0v) is 10.5. The Morgan fingerprint density at radius 2 is 1.47 bits per heavy atom. The number of hydrogen-bond donors (Lipinski definition) is 0. The summed E-state index contributed by atoms with van der Waals surface area (Å²) in [7, 11) is 6.90. The van der Waals surface area contributed by atoms with Gasteiger partial charge >= 0.3 is 0 Å². The molecule has 0 amide bonds. The summed E-state index contributed by atoms with van der Waals surface area (Å²) in [5.41, 5.74) is 3.12. The minimum Gasteiger partial charge on any atom is -0.324 e. The monoisotopic (exact) mass is 204 g/mol. The molecular formula is C14H22N+. The van der Waals surface area contributed by atoms with Crippen LogP contribution < -0.4 is 0 Å². The van der Waals surface area contributed by atoms with Gasteiger partial charge in [-0.15, -0.1) is 0 Å². The van der Waals surface area contributed by atoms with Gasteiger partial charge in [0.1, 0.15) is 6.04 Å². The minimum absolute atomic E-state index is 0.649. The van der Waals surface area contributed by atoms with Crippen LogP contribution in [0.25, 0.3) is 0 Å². The lowest BCUT2D eigenvalue weighted by molar-refractivity contribution is -0.905. The van der Waals surface area contributed by atoms with Crippen molar-refractivity contribution in [3.63, 3.8) is 0 Å². The second-order valence-corrected chi connectivity index (χ2v) is 5.84. The fourth-order valence-electron chi connectivity index (χ4n) is 3.16. The molecular weight excluding hydrogens is 182 g/mol. The average molecular weight is 204 g/mol. The van der Waals surface area contributed by atoms with Crippen molar-refractivity contribution in [1.82, 2.24) is 0 Å². The van der Waals surface area contributed by atoms with E-state index in [-0.39, 0.29) is 0 Å². The van der Waals surface area contributed by atoms with Crippen molar-refractivity contribution < 1.29 is 4.48 Å². The molecule has 0 aliphatic heterocycles. The Labute approximate surface area is 93.3 Å². The summed E-state index contributed by atoms with van der Waals surface area (Å²) in [4.78, 5) is 0. The van der Waals surface area contributed by atoms with Gasteiger partial charge in [-0.3, -0.25) is 0 Å². The summed E-state index contributed by atoms with van der Waals surface area (Å²) in [6.45, 7) is 4.75. The van der Waals surface area contributed by atoms with Crippen LogP contribution >= 0.6 is 0 Å². The van der Waals surface area contributed by atoms with E-state index in [1.165, 1.54) is 0 Å². The van der Waals surface area contributed by atoms with Gasteiger partial charge in [-0.2, -0.15) is 0 Å². The number of rotatable bonds is 1. The van der Waals surface area contributed by atoms with Crippen molar-refractivity contribution in [1.29, 1.82) is 0 Å². The molecule has 0 bridgehead atoms. The third-order valence-corrected chi connectivity index (χ3v) is 3.93. The molecule has 0 saturated carbocycles. The largest absolute Gasteiger partial charge is 0.324 e. The van der Waals surface area contributed by atoms with Crippen molar-refractivity contribution >= 4 is 0 Å². The lowest BCUT2D eigenvalue weighted by atomic mass is 9.93. The van der Waals surface area contributed by atoms with Crippen molar-refractivity contribution in [2.75, 3.05) is 21.1 Å². The summed E-state index contributed by atoms with van der Waals surface area (Å²) in [5, 5.41) is 0. The van der Waals surface area contributed by atoms with E-state index in [0.717, 1.165) is 10.4 Å². The predicted octanol–water partition coefficient (Wildman–Crippen LogP) is 3.19. The van der Waals surface area contributed by atoms with Gasteiger partial charge in [0.15, 0.2) is 0 Å². The molecule has 1 nitrogen and oxygen atoms in total. The summed E-state index contributed by atoms with van der Waals surface area (Å²) < 4.78 is 1.03. The highest BCUT2D eigenvalue weighted by Gasteiger charge is 2.42. The SMILES string of the molecule is C[C@@H]1C([N+](C)(C)C)c2ccccc2[C@@H]1C. The van der Waals surface area contributed by atoms with Crippen LogP contribution in [0, 0.1) is 5.92 Å². The maximum absolute atomic E-state index is 2.39. The molecule has 0 fully saturated rings. The molecule has 0 spiro atoms. The maximum Gasteiger partial charge on any atom is 0.117 e. The lowest BCUT2D eigenvalue weighted by Gasteiger charge is -2.35. The van der Waals surface area contributed by atoms with Crippen LogP contribution in [-0.4, -0.2) is 25.6 Å². The number of hydrogen-bond acceptors (Lipinski definition) is 0. The molecule has 82 valence electrons. The van der Waals surface area contributed by atoms with Crippen LogP contribution in [0.3, 0.4) is 0 Å². The summed E-state index contributed by atoms with van der Waals surface area (Å²) in [6.07, 6.45) is 0. The molecule has 0 saturated heterocycles. The van der Waals surface area contributed by atoms with Crippen LogP contribution in [0.4, 0.5) is 0 Å². The molecule has 1 aromatic carbocycles. The van der Waals surface area contributed by atoms with E-state index in [2.05, 4.69) is 59.3 Å². The first kappa shape index (κ1) is 10.7. The first-order valence-corrected chi connectivity index (χ1v) is 5.83. The molecule has 1 unspecified atom stereocenters. The molecule has 0 aromatic heterocycles. The highest BCUT2D eigenvalue weighted by Crippen LogP contribution is 2.48. The number of nitrogens with zero attached hydrogens (tertiary/aromatic N) is 1. The van der Waals surface area contributed by atoms with E-state index in [1.807, 2.05) is 0 Å². The second kappa shape index (κ2) is 3.34. The van der Waals surface area contributed by atoms with E-state index in [0.29, 0.717) is 12.0 Å². The lowest BCUT2D eigenvalue weighted by Crippen LogP contribution is -2.40. The molecule has 1 aromatic rings. The molecule has 1 aliphatic rings. The summed E-state index contributed by atoms with van der Waals surface area (Å²) in [6, 6.07) is 9.60. The van der Waals surface area contributed by atoms with E-state index in [9.17, 15) is 0 Å². The van der Waals surface area contributed by atoms with Gasteiger partial charge in [0.25, 0.3) is 0 Å². The summed E-state index contributed by atoms with van der Waals surface area (Å²) >= 11 is 0. The molecule has 3 atom stereocenters. The van der Waals surface area contributed by atoms with Crippen molar-refractivity contribution in [3.05, 3.63) is 35.4 Å². The average Bonchev–Trinajstić information content (AvgIpc) is 2.39. The third-order valence-electron chi connectivity index (χ3n) is 3.93. The normalized spacial score (nSPS) is 30.3. The van der Waals surface area contributed by atoms with Crippen LogP contribution in [0.1, 0.15) is 36.9 Å². The summed E-state index contributed by atoms with van der Waals surface area (Å²) in [5.74, 6) is 1.44. The standard InChI is InChI=1S/C14H22N/c1-10-11(2)14(15(3,4)5)13-9-7-6-8-12(10)13/h6-11,14H,1-5H3/q+1/t10-,11+,14?/m1/s1. The van der Waals surface area contributed by atoms with E-state index >= 15 is 0 Å². The van der Waals surface area contributed by atoms with Gasteiger partial charge in [0.05, 0.1) is 21.1 Å².